The zero-order valence-corrected chi connectivity index (χ0v) is 21.3. The van der Waals surface area contributed by atoms with Crippen LogP contribution in [0.2, 0.25) is 0 Å². The van der Waals surface area contributed by atoms with E-state index in [1.54, 1.807) is 0 Å². The minimum Gasteiger partial charge on any atom is -0.493 e. The molecule has 3 aromatic carbocycles. The van der Waals surface area contributed by atoms with Crippen molar-refractivity contribution in [3.63, 3.8) is 0 Å². The highest BCUT2D eigenvalue weighted by atomic mass is 16.5. The molecule has 2 heterocycles. The first-order valence-electron chi connectivity index (χ1n) is 13.4. The van der Waals surface area contributed by atoms with Crippen LogP contribution in [0.5, 0.6) is 17.2 Å². The average Bonchev–Trinajstić information content (AvgIpc) is 3.31. The molecular weight excluding hydrogens is 464 g/mol. The van der Waals surface area contributed by atoms with Gasteiger partial charge in [-0.15, -0.1) is 0 Å². The van der Waals surface area contributed by atoms with Crippen LogP contribution in [0.15, 0.2) is 72.8 Å². The molecule has 1 amide bonds. The summed E-state index contributed by atoms with van der Waals surface area (Å²) in [6, 6.07) is 22.8. The molecule has 0 unspecified atom stereocenters. The lowest BCUT2D eigenvalue weighted by Gasteiger charge is -2.29. The van der Waals surface area contributed by atoms with E-state index in [1.807, 2.05) is 66.7 Å². The average molecular weight is 501 g/mol. The predicted octanol–water partition coefficient (Wildman–Crippen LogP) is 5.05. The number of hydrogen-bond acceptors (Lipinski definition) is 5. The minimum absolute atomic E-state index is 0.119. The molecule has 2 aliphatic rings. The molecule has 0 saturated carbocycles. The second kappa shape index (κ2) is 12.3. The molecule has 0 bridgehead atoms. The van der Waals surface area contributed by atoms with Gasteiger partial charge in [-0.1, -0.05) is 42.5 Å². The molecule has 3 aromatic rings. The smallest absolute Gasteiger partial charge is 0.224 e. The second-order valence-electron chi connectivity index (χ2n) is 10.0. The van der Waals surface area contributed by atoms with E-state index in [4.69, 9.17) is 9.47 Å². The number of aliphatic hydroxyl groups is 1. The van der Waals surface area contributed by atoms with Crippen molar-refractivity contribution in [2.45, 2.75) is 50.7 Å². The molecule has 0 aliphatic carbocycles. The Bertz CT molecular complexity index is 1180. The first-order valence-corrected chi connectivity index (χ1v) is 13.4. The largest absolute Gasteiger partial charge is 0.493 e. The number of aryl methyl sites for hydroxylation is 1. The van der Waals surface area contributed by atoms with Crippen molar-refractivity contribution in [3.8, 4) is 17.2 Å². The molecule has 1 saturated heterocycles. The third-order valence-electron chi connectivity index (χ3n) is 7.15. The summed E-state index contributed by atoms with van der Waals surface area (Å²) >= 11 is 0. The topological polar surface area (TPSA) is 71.0 Å². The second-order valence-corrected chi connectivity index (χ2v) is 10.0. The molecule has 2 aliphatic heterocycles. The summed E-state index contributed by atoms with van der Waals surface area (Å²) in [5.74, 6) is 2.18. The molecule has 2 N–H and O–H groups in total. The summed E-state index contributed by atoms with van der Waals surface area (Å²) < 4.78 is 11.9. The van der Waals surface area contributed by atoms with Crippen molar-refractivity contribution >= 4 is 5.91 Å². The summed E-state index contributed by atoms with van der Waals surface area (Å²) in [6.07, 6.45) is 4.83. The highest BCUT2D eigenvalue weighted by Gasteiger charge is 2.27. The molecule has 0 aromatic heterocycles. The van der Waals surface area contributed by atoms with Gasteiger partial charge in [-0.05, 0) is 92.2 Å². The van der Waals surface area contributed by atoms with Crippen LogP contribution in [0, 0.1) is 0 Å². The summed E-state index contributed by atoms with van der Waals surface area (Å²) in [7, 11) is 0. The number of fused-ring (bicyclic) bond motifs is 1. The van der Waals surface area contributed by atoms with E-state index < -0.39 is 12.1 Å². The standard InChI is InChI=1S/C31H36N2O4/c34-30(20-23-9-8-13-27(19-23)37-26-11-2-1-3-12-26)32-28(22-33-16-5-6-17-33)31(35)25-15-14-24-10-4-7-18-36-29(24)21-25/h1-3,8-9,11-15,19,21,28,31,35H,4-7,10,16-18,20,22H2,(H,32,34)/t28-,31-/m1/s1. The number of nitrogens with zero attached hydrogens (tertiary/aromatic N) is 1. The van der Waals surface area contributed by atoms with E-state index in [1.165, 1.54) is 5.56 Å². The van der Waals surface area contributed by atoms with Gasteiger partial charge in [0.1, 0.15) is 23.4 Å². The summed E-state index contributed by atoms with van der Waals surface area (Å²) in [5, 5.41) is 14.6. The van der Waals surface area contributed by atoms with Gasteiger partial charge in [0, 0.05) is 6.54 Å². The van der Waals surface area contributed by atoms with Crippen molar-refractivity contribution in [1.29, 1.82) is 0 Å². The van der Waals surface area contributed by atoms with E-state index in [9.17, 15) is 9.90 Å². The number of amides is 1. The number of rotatable bonds is 9. The molecule has 6 heteroatoms. The van der Waals surface area contributed by atoms with Gasteiger partial charge < -0.3 is 24.8 Å². The number of benzene rings is 3. The maximum Gasteiger partial charge on any atom is 0.224 e. The fourth-order valence-corrected chi connectivity index (χ4v) is 5.18. The quantitative estimate of drug-likeness (QED) is 0.430. The van der Waals surface area contributed by atoms with Crippen molar-refractivity contribution in [1.82, 2.24) is 10.2 Å². The molecule has 2 atom stereocenters. The van der Waals surface area contributed by atoms with Crippen LogP contribution in [0.3, 0.4) is 0 Å². The summed E-state index contributed by atoms with van der Waals surface area (Å²) in [4.78, 5) is 15.5. The van der Waals surface area contributed by atoms with Gasteiger partial charge >= 0.3 is 0 Å². The van der Waals surface area contributed by atoms with Crippen molar-refractivity contribution in [3.05, 3.63) is 89.5 Å². The molecule has 1 fully saturated rings. The number of ether oxygens (including phenoxy) is 2. The molecule has 194 valence electrons. The Morgan fingerprint density at radius 3 is 2.59 bits per heavy atom. The minimum atomic E-state index is -0.825. The van der Waals surface area contributed by atoms with Crippen LogP contribution >= 0.6 is 0 Å². The first kappa shape index (κ1) is 25.3. The van der Waals surface area contributed by atoms with Crippen LogP contribution < -0.4 is 14.8 Å². The SMILES string of the molecule is O=C(Cc1cccc(Oc2ccccc2)c1)N[C@H](CN1CCCC1)[C@H](O)c1ccc2c(c1)OCCCC2. The normalized spacial score (nSPS) is 17.2. The van der Waals surface area contributed by atoms with Crippen LogP contribution in [-0.4, -0.2) is 48.2 Å². The van der Waals surface area contributed by atoms with E-state index in [0.717, 1.165) is 67.8 Å². The van der Waals surface area contributed by atoms with Crippen LogP contribution in [0.1, 0.15) is 48.5 Å². The Morgan fingerprint density at radius 2 is 1.76 bits per heavy atom. The van der Waals surface area contributed by atoms with Gasteiger partial charge in [0.05, 0.1) is 19.1 Å². The number of aliphatic hydroxyl groups excluding tert-OH is 1. The number of carbonyl (C=O) groups excluding carboxylic acids is 1. The monoisotopic (exact) mass is 500 g/mol. The van der Waals surface area contributed by atoms with Gasteiger partial charge in [0.2, 0.25) is 5.91 Å². The van der Waals surface area contributed by atoms with Crippen LogP contribution in [-0.2, 0) is 17.6 Å². The first-order chi connectivity index (χ1) is 18.1. The van der Waals surface area contributed by atoms with Gasteiger partial charge in [-0.2, -0.15) is 0 Å². The van der Waals surface area contributed by atoms with Gasteiger partial charge in [0.15, 0.2) is 0 Å². The third-order valence-corrected chi connectivity index (χ3v) is 7.15. The lowest BCUT2D eigenvalue weighted by atomic mass is 9.98. The lowest BCUT2D eigenvalue weighted by molar-refractivity contribution is -0.122. The van der Waals surface area contributed by atoms with Gasteiger partial charge in [-0.3, -0.25) is 4.79 Å². The third kappa shape index (κ3) is 6.90. The zero-order valence-electron chi connectivity index (χ0n) is 21.3. The number of carbonyl (C=O) groups is 1. The predicted molar refractivity (Wildman–Crippen MR) is 144 cm³/mol. The van der Waals surface area contributed by atoms with Crippen molar-refractivity contribution in [2.75, 3.05) is 26.2 Å². The molecule has 0 radical (unpaired) electrons. The summed E-state index contributed by atoms with van der Waals surface area (Å²) in [5.41, 5.74) is 2.83. The zero-order chi connectivity index (χ0) is 25.5. The number of nitrogens with one attached hydrogen (secondary N) is 1. The fourth-order valence-electron chi connectivity index (χ4n) is 5.18. The number of likely N-dealkylation sites (tertiary alicyclic amines) is 1. The van der Waals surface area contributed by atoms with E-state index in [2.05, 4.69) is 16.3 Å². The molecule has 37 heavy (non-hydrogen) atoms. The Hall–Kier alpha value is -3.35. The van der Waals surface area contributed by atoms with Gasteiger partial charge in [0.25, 0.3) is 0 Å². The summed E-state index contributed by atoms with van der Waals surface area (Å²) in [6.45, 7) is 3.30. The van der Waals surface area contributed by atoms with E-state index in [0.29, 0.717) is 18.9 Å². The van der Waals surface area contributed by atoms with Crippen LogP contribution in [0.25, 0.3) is 0 Å². The molecular formula is C31H36N2O4. The maximum absolute atomic E-state index is 13.2. The Morgan fingerprint density at radius 1 is 0.946 bits per heavy atom. The highest BCUT2D eigenvalue weighted by molar-refractivity contribution is 5.79. The Balaban J connectivity index is 1.28. The van der Waals surface area contributed by atoms with Gasteiger partial charge in [-0.25, -0.2) is 0 Å². The number of para-hydroxylation sites is 1. The number of hydrogen-bond donors (Lipinski definition) is 2. The lowest BCUT2D eigenvalue weighted by Crippen LogP contribution is -2.47. The van der Waals surface area contributed by atoms with Crippen molar-refractivity contribution < 1.29 is 19.4 Å². The fraction of sp³-hybridized carbons (Fsp3) is 0.387. The maximum atomic E-state index is 13.2. The highest BCUT2D eigenvalue weighted by Crippen LogP contribution is 2.30. The van der Waals surface area contributed by atoms with E-state index >= 15 is 0 Å². The molecule has 5 rings (SSSR count). The molecule has 0 spiro atoms. The Labute approximate surface area is 219 Å². The molecule has 6 nitrogen and oxygen atoms in total. The van der Waals surface area contributed by atoms with Crippen molar-refractivity contribution in [2.24, 2.45) is 0 Å². The van der Waals surface area contributed by atoms with Crippen LogP contribution in [0.4, 0.5) is 0 Å². The Kier molecular flexibility index (Phi) is 8.39. The van der Waals surface area contributed by atoms with E-state index in [-0.39, 0.29) is 12.3 Å².